The quantitative estimate of drug-likeness (QED) is 0.0922. The van der Waals surface area contributed by atoms with Crippen molar-refractivity contribution in [2.24, 2.45) is 27.7 Å². The summed E-state index contributed by atoms with van der Waals surface area (Å²) in [5, 5.41) is 12.0. The van der Waals surface area contributed by atoms with Crippen molar-refractivity contribution in [3.63, 3.8) is 0 Å². The van der Waals surface area contributed by atoms with Crippen molar-refractivity contribution in [1.82, 2.24) is 37.9 Å². The van der Waals surface area contributed by atoms with Crippen molar-refractivity contribution in [1.29, 1.82) is 0 Å². The molecule has 126 heavy (non-hydrogen) atoms. The van der Waals surface area contributed by atoms with Gasteiger partial charge in [0.25, 0.3) is 0 Å². The SMILES string of the molecule is CC(C)C1=Cc2nc(C(C)C)sc2C1.CC(C)C1=NC=C2C1=CN=C2C(C)C.CC(C)c1cc2c(ccn2C(C)C)s1.CC(C)c1cc2sc(C(C)C)cc2[nH]1.CC(C)c1cc2scc(C(C)C)c2s1.CC(C)c1cn2cc(C(C)C)oc2n1.CC(C)c1cn2cc(C(C)C)sc2n1.CC(C)c1csc2c(C(C)C)csc12.CC(C)c1csc2c1ccn2C(C)C. The van der Waals surface area contributed by atoms with Gasteiger partial charge in [-0.3, -0.25) is 18.8 Å². The van der Waals surface area contributed by atoms with Gasteiger partial charge in [0.1, 0.15) is 10.6 Å². The number of rotatable bonds is 18. The predicted molar refractivity (Wildman–Crippen MR) is 569 cm³/mol. The van der Waals surface area contributed by atoms with E-state index in [1.54, 1.807) is 11.3 Å². The van der Waals surface area contributed by atoms with E-state index in [9.17, 15) is 0 Å². The molecule has 0 bridgehead atoms. The summed E-state index contributed by atoms with van der Waals surface area (Å²) in [5.41, 5.74) is 20.0. The average molecular weight is 1870 g/mol. The first kappa shape index (κ1) is 101. The Morgan fingerprint density at radius 3 is 1.37 bits per heavy atom. The largest absolute Gasteiger partial charge is 0.428 e. The number of aromatic nitrogens is 8. The van der Waals surface area contributed by atoms with Crippen LogP contribution in [0, 0.1) is 17.8 Å². The minimum atomic E-state index is 0.416. The summed E-state index contributed by atoms with van der Waals surface area (Å²) >= 11 is 17.1. The topological polar surface area (TPSA) is 111 Å². The number of nitrogens with zero attached hydrogens (tertiary/aromatic N) is 9. The van der Waals surface area contributed by atoms with Gasteiger partial charge in [-0.05, 0) is 197 Å². The second-order valence-corrected chi connectivity index (χ2v) is 48.5. The molecule has 0 atom stereocenters. The minimum absolute atomic E-state index is 0.416. The van der Waals surface area contributed by atoms with Gasteiger partial charge >= 0.3 is 5.84 Å². The fraction of sp³-hybridized carbons (Fsp3) is 0.519. The fourth-order valence-electron chi connectivity index (χ4n) is 14.5. The van der Waals surface area contributed by atoms with Crippen molar-refractivity contribution in [2.75, 3.05) is 0 Å². The maximum atomic E-state index is 5.61. The number of allylic oxidation sites excluding steroid dienone is 3. The van der Waals surface area contributed by atoms with E-state index < -0.39 is 0 Å². The third-order valence-corrected chi connectivity index (χ3v) is 34.0. The number of H-pyrrole nitrogens is 1. The molecule has 0 amide bonds. The van der Waals surface area contributed by atoms with Gasteiger partial charge in [-0.1, -0.05) is 227 Å². The van der Waals surface area contributed by atoms with Gasteiger partial charge in [-0.2, -0.15) is 4.98 Å². The Balaban J connectivity index is 0.000000148. The molecular weight excluding hydrogens is 1720 g/mol. The summed E-state index contributed by atoms with van der Waals surface area (Å²) in [6.45, 7) is 79.9. The van der Waals surface area contributed by atoms with Crippen LogP contribution >= 0.6 is 102 Å². The lowest BCUT2D eigenvalue weighted by Crippen LogP contribution is -2.12. The monoisotopic (exact) mass is 1860 g/mol. The molecule has 0 fully saturated rings. The van der Waals surface area contributed by atoms with Gasteiger partial charge in [0, 0.05) is 139 Å². The lowest BCUT2D eigenvalue weighted by Gasteiger charge is -2.09. The molecule has 17 heterocycles. The molecule has 0 radical (unpaired) electrons. The Bertz CT molecular complexity index is 5430. The number of oxazole rings is 1. The summed E-state index contributed by atoms with van der Waals surface area (Å²) < 4.78 is 23.3. The van der Waals surface area contributed by atoms with E-state index in [4.69, 9.17) is 4.42 Å². The van der Waals surface area contributed by atoms with Gasteiger partial charge in [0.15, 0.2) is 4.96 Å². The maximum Gasteiger partial charge on any atom is 0.306 e. The molecule has 682 valence electrons. The zero-order chi connectivity index (χ0) is 92.6. The molecule has 2 aliphatic heterocycles. The highest BCUT2D eigenvalue weighted by Gasteiger charge is 2.29. The number of thiazole rings is 2. The summed E-state index contributed by atoms with van der Waals surface area (Å²) in [7, 11) is 0. The summed E-state index contributed by atoms with van der Waals surface area (Å²) in [6, 6.07) is 14.9. The predicted octanol–water partition coefficient (Wildman–Crippen LogP) is 37.4. The number of thiophene rings is 7. The molecule has 20 heteroatoms. The van der Waals surface area contributed by atoms with E-state index in [-0.39, 0.29) is 0 Å². The molecule has 0 saturated carbocycles. The Hall–Kier alpha value is -6.85. The van der Waals surface area contributed by atoms with Crippen LogP contribution in [0.3, 0.4) is 0 Å². The third kappa shape index (κ3) is 24.7. The van der Waals surface area contributed by atoms with Crippen molar-refractivity contribution in [2.45, 2.75) is 345 Å². The molecule has 0 aromatic carbocycles. The number of aromatic amines is 1. The van der Waals surface area contributed by atoms with E-state index in [0.717, 1.165) is 22.8 Å². The molecule has 0 spiro atoms. The number of hydrogen-bond acceptors (Lipinski definition) is 15. The summed E-state index contributed by atoms with van der Waals surface area (Å²) in [5.74, 6) is 11.0. The number of nitrogens with one attached hydrogen (secondary N) is 1. The zero-order valence-corrected chi connectivity index (χ0v) is 90.0. The number of imidazole rings is 2. The van der Waals surface area contributed by atoms with Crippen LogP contribution in [0.15, 0.2) is 139 Å². The van der Waals surface area contributed by atoms with Gasteiger partial charge in [0.2, 0.25) is 0 Å². The number of fused-ring (bicyclic) bond motifs is 9. The molecule has 1 aliphatic carbocycles. The fourth-order valence-corrected chi connectivity index (χ4v) is 25.8. The van der Waals surface area contributed by atoms with Gasteiger partial charge in [-0.25, -0.2) is 9.97 Å². The molecule has 18 rings (SSSR count). The van der Waals surface area contributed by atoms with Crippen LogP contribution in [0.1, 0.15) is 418 Å². The molecule has 15 aromatic heterocycles. The Labute approximate surface area is 791 Å². The van der Waals surface area contributed by atoms with Gasteiger partial charge in [0.05, 0.1) is 60.1 Å². The van der Waals surface area contributed by atoms with E-state index in [1.807, 2.05) is 120 Å². The van der Waals surface area contributed by atoms with Gasteiger partial charge in [-0.15, -0.1) is 102 Å². The van der Waals surface area contributed by atoms with E-state index in [2.05, 4.69) is 381 Å². The Morgan fingerprint density at radius 2 is 0.889 bits per heavy atom. The summed E-state index contributed by atoms with van der Waals surface area (Å²) in [4.78, 5) is 36.0. The highest BCUT2D eigenvalue weighted by molar-refractivity contribution is 7.27. The van der Waals surface area contributed by atoms with Crippen LogP contribution in [0.4, 0.5) is 0 Å². The minimum Gasteiger partial charge on any atom is -0.428 e. The van der Waals surface area contributed by atoms with Crippen LogP contribution < -0.4 is 0 Å². The molecule has 3 aliphatic rings. The maximum absolute atomic E-state index is 5.61. The molecule has 0 saturated heterocycles. The summed E-state index contributed by atoms with van der Waals surface area (Å²) in [6.07, 6.45) is 20.1. The van der Waals surface area contributed by atoms with Crippen molar-refractivity contribution in [3.05, 3.63) is 204 Å². The van der Waals surface area contributed by atoms with E-state index in [1.165, 1.54) is 146 Å². The Kier molecular flexibility index (Phi) is 35.7. The normalized spacial score (nSPS) is 13.3. The first-order valence-electron chi connectivity index (χ1n) is 46.4. The van der Waals surface area contributed by atoms with Crippen LogP contribution in [-0.4, -0.2) is 49.3 Å². The van der Waals surface area contributed by atoms with Crippen molar-refractivity contribution >= 4 is 180 Å². The third-order valence-electron chi connectivity index (χ3n) is 22.8. The highest BCUT2D eigenvalue weighted by Crippen LogP contribution is 2.44. The van der Waals surface area contributed by atoms with Crippen LogP contribution in [0.2, 0.25) is 0 Å². The van der Waals surface area contributed by atoms with E-state index in [0.29, 0.717) is 113 Å². The smallest absolute Gasteiger partial charge is 0.306 e. The van der Waals surface area contributed by atoms with Crippen molar-refractivity contribution in [3.8, 4) is 0 Å². The Morgan fingerprint density at radius 1 is 0.381 bits per heavy atom. The molecule has 0 unspecified atom stereocenters. The van der Waals surface area contributed by atoms with Crippen LogP contribution in [-0.2, 0) is 6.42 Å². The molecule has 11 nitrogen and oxygen atoms in total. The first-order valence-corrected chi connectivity index (χ1v) is 54.0. The lowest BCUT2D eigenvalue weighted by molar-refractivity contribution is 0.510. The lowest BCUT2D eigenvalue weighted by atomic mass is 9.92. The van der Waals surface area contributed by atoms with Crippen molar-refractivity contribution < 1.29 is 4.42 Å². The van der Waals surface area contributed by atoms with Crippen LogP contribution in [0.25, 0.3) is 66.3 Å². The first-order chi connectivity index (χ1) is 59.3. The average Bonchev–Trinajstić information content (AvgIpc) is 1.63. The standard InChI is InChI=1S/C12H16N2.4C12H17NS.2C12H16S2.C11H16N2O.C11H16N2S/c1-7(2)11-9-5-14-12(8(3)4)10(9)6-13-11;1-7(2)9-5-12-10(13-9)6-11(14-12)8(3)4;1-7(2)9-5-10-11(6-9)14-12(13-10)8(3)4;1-8(2)12-7-10-11(14-12)5-6-13(10)9(3)4;1-8(2)11-7-14-12-10(11)5-6-13(12)9(3)4;1-7(2)9-6-13-11-5-10(8(3)4)14-12(9)11;1-7(2)9-5-13-12-10(8(3)4)6-14-11(9)12;2*1-7(2)9-5-13-6-10(8(3)4)14-11(13)12-9/h5-8H,1-4H3;5-8,13H,1-4H3;5,7-8H,6H2,1-4H3;2*5-9H,1-4H3;4*5-8H,1-4H3. The van der Waals surface area contributed by atoms with E-state index >= 15 is 0 Å². The van der Waals surface area contributed by atoms with Gasteiger partial charge < -0.3 is 18.5 Å². The second kappa shape index (κ2) is 44.4. The second-order valence-electron chi connectivity index (χ2n) is 39.5. The number of hydrogen-bond donors (Lipinski definition) is 1. The molecule has 1 N–H and O–H groups in total. The highest BCUT2D eigenvalue weighted by atomic mass is 32.1. The number of aliphatic imine (C=N–C) groups is 2. The zero-order valence-electron chi connectivity index (χ0n) is 82.7. The molecule has 15 aromatic rings. The molecular formula is C106H148N10OS9. The van der Waals surface area contributed by atoms with Crippen LogP contribution in [0.5, 0.6) is 0 Å².